The van der Waals surface area contributed by atoms with Crippen LogP contribution in [-0.2, 0) is 21.2 Å². The number of anilines is 1. The molecule has 0 bridgehead atoms. The largest absolute Gasteiger partial charge is 0.506 e. The lowest BCUT2D eigenvalue weighted by Gasteiger charge is -2.16. The van der Waals surface area contributed by atoms with Gasteiger partial charge in [-0.15, -0.1) is 10.2 Å². The molecule has 1 fully saturated rings. The van der Waals surface area contributed by atoms with Crippen molar-refractivity contribution in [2.45, 2.75) is 30.6 Å². The van der Waals surface area contributed by atoms with E-state index < -0.39 is 15.9 Å². The van der Waals surface area contributed by atoms with Gasteiger partial charge in [0.25, 0.3) is 0 Å². The molecular weight excluding hydrogens is 420 g/mol. The molecule has 1 saturated heterocycles. The number of nitrogens with zero attached hydrogens (tertiary/aromatic N) is 3. The van der Waals surface area contributed by atoms with E-state index in [9.17, 15) is 18.3 Å². The fourth-order valence-corrected chi connectivity index (χ4v) is 4.88. The maximum Gasteiger partial charge on any atom is 0.247 e. The SMILES string of the molecule is O=C(CCc1nnc(-c2ccccc2)o1)Nc1cc(S(=O)(=O)N2CCCC2)ccc1O. The summed E-state index contributed by atoms with van der Waals surface area (Å²) in [5.74, 6) is 0.0559. The summed E-state index contributed by atoms with van der Waals surface area (Å²) < 4.78 is 32.4. The highest BCUT2D eigenvalue weighted by Crippen LogP contribution is 2.29. The zero-order valence-corrected chi connectivity index (χ0v) is 17.5. The molecular formula is C21H22N4O5S. The quantitative estimate of drug-likeness (QED) is 0.539. The van der Waals surface area contributed by atoms with Gasteiger partial charge in [0.2, 0.25) is 27.7 Å². The van der Waals surface area contributed by atoms with Crippen molar-refractivity contribution in [3.05, 3.63) is 54.4 Å². The zero-order chi connectivity index (χ0) is 21.8. The van der Waals surface area contributed by atoms with Gasteiger partial charge in [0.15, 0.2) is 0 Å². The first kappa shape index (κ1) is 21.0. The predicted octanol–water partition coefficient (Wildman–Crippen LogP) is 2.80. The molecule has 2 heterocycles. The molecule has 162 valence electrons. The van der Waals surface area contributed by atoms with Crippen molar-refractivity contribution in [1.82, 2.24) is 14.5 Å². The Bertz CT molecular complexity index is 1170. The highest BCUT2D eigenvalue weighted by molar-refractivity contribution is 7.89. The van der Waals surface area contributed by atoms with Gasteiger partial charge in [-0.1, -0.05) is 18.2 Å². The molecule has 4 rings (SSSR count). The number of aromatic hydroxyl groups is 1. The molecule has 0 aliphatic carbocycles. The minimum absolute atomic E-state index is 0.0268. The van der Waals surface area contributed by atoms with Crippen molar-refractivity contribution in [2.75, 3.05) is 18.4 Å². The Morgan fingerprint density at radius 1 is 1.10 bits per heavy atom. The second-order valence-electron chi connectivity index (χ2n) is 7.21. The van der Waals surface area contributed by atoms with Gasteiger partial charge in [-0.05, 0) is 43.2 Å². The van der Waals surface area contributed by atoms with Crippen LogP contribution in [0.3, 0.4) is 0 Å². The molecule has 1 amide bonds. The molecule has 2 N–H and O–H groups in total. The third-order valence-corrected chi connectivity index (χ3v) is 6.89. The van der Waals surface area contributed by atoms with Crippen LogP contribution < -0.4 is 5.32 Å². The van der Waals surface area contributed by atoms with E-state index in [4.69, 9.17) is 4.42 Å². The number of phenolic OH excluding ortho intramolecular Hbond substituents is 1. The van der Waals surface area contributed by atoms with Crippen LogP contribution in [0.4, 0.5) is 5.69 Å². The average molecular weight is 442 g/mol. The van der Waals surface area contributed by atoms with Gasteiger partial charge < -0.3 is 14.8 Å². The van der Waals surface area contributed by atoms with Gasteiger partial charge in [0, 0.05) is 31.5 Å². The number of rotatable bonds is 7. The highest BCUT2D eigenvalue weighted by atomic mass is 32.2. The Kier molecular flexibility index (Phi) is 6.01. The number of nitrogens with one attached hydrogen (secondary N) is 1. The van der Waals surface area contributed by atoms with Crippen LogP contribution in [0.25, 0.3) is 11.5 Å². The van der Waals surface area contributed by atoms with Crippen molar-refractivity contribution in [2.24, 2.45) is 0 Å². The van der Waals surface area contributed by atoms with Gasteiger partial charge in [-0.3, -0.25) is 4.79 Å². The summed E-state index contributed by atoms with van der Waals surface area (Å²) >= 11 is 0. The number of carbonyl (C=O) groups excluding carboxylic acids is 1. The molecule has 0 radical (unpaired) electrons. The normalized spacial score (nSPS) is 14.6. The van der Waals surface area contributed by atoms with Crippen molar-refractivity contribution >= 4 is 21.6 Å². The molecule has 10 heteroatoms. The van der Waals surface area contributed by atoms with E-state index in [1.165, 1.54) is 22.5 Å². The lowest BCUT2D eigenvalue weighted by molar-refractivity contribution is -0.116. The number of benzene rings is 2. The molecule has 2 aromatic carbocycles. The lowest BCUT2D eigenvalue weighted by atomic mass is 10.2. The molecule has 3 aromatic rings. The smallest absolute Gasteiger partial charge is 0.247 e. The minimum Gasteiger partial charge on any atom is -0.506 e. The van der Waals surface area contributed by atoms with Crippen molar-refractivity contribution < 1.29 is 22.7 Å². The maximum atomic E-state index is 12.7. The summed E-state index contributed by atoms with van der Waals surface area (Å²) in [6, 6.07) is 13.2. The second-order valence-corrected chi connectivity index (χ2v) is 9.14. The van der Waals surface area contributed by atoms with Crippen LogP contribution in [0, 0.1) is 0 Å². The molecule has 9 nitrogen and oxygen atoms in total. The first-order valence-electron chi connectivity index (χ1n) is 9.94. The Balaban J connectivity index is 1.40. The number of aryl methyl sites for hydroxylation is 1. The molecule has 0 saturated carbocycles. The Morgan fingerprint density at radius 2 is 1.84 bits per heavy atom. The van der Waals surface area contributed by atoms with E-state index in [1.807, 2.05) is 30.3 Å². The number of phenols is 1. The number of hydrogen-bond donors (Lipinski definition) is 2. The van der Waals surface area contributed by atoms with Crippen LogP contribution in [0.2, 0.25) is 0 Å². The first-order valence-corrected chi connectivity index (χ1v) is 11.4. The number of aromatic nitrogens is 2. The average Bonchev–Trinajstić information content (AvgIpc) is 3.47. The maximum absolute atomic E-state index is 12.7. The van der Waals surface area contributed by atoms with Gasteiger partial charge in [-0.25, -0.2) is 8.42 Å². The number of carbonyl (C=O) groups is 1. The van der Waals surface area contributed by atoms with E-state index in [-0.39, 0.29) is 29.2 Å². The number of hydrogen-bond acceptors (Lipinski definition) is 7. The molecule has 0 spiro atoms. The van der Waals surface area contributed by atoms with Crippen LogP contribution in [0.1, 0.15) is 25.2 Å². The topological polar surface area (TPSA) is 126 Å². The highest BCUT2D eigenvalue weighted by Gasteiger charge is 2.28. The Morgan fingerprint density at radius 3 is 2.58 bits per heavy atom. The summed E-state index contributed by atoms with van der Waals surface area (Å²) in [5, 5.41) is 20.6. The minimum atomic E-state index is -3.65. The molecule has 1 aliphatic rings. The third kappa shape index (κ3) is 4.75. The summed E-state index contributed by atoms with van der Waals surface area (Å²) in [5.41, 5.74) is 0.826. The van der Waals surface area contributed by atoms with Crippen LogP contribution in [0.15, 0.2) is 57.8 Å². The molecule has 1 aromatic heterocycles. The van der Waals surface area contributed by atoms with Gasteiger partial charge in [0.1, 0.15) is 5.75 Å². The Labute approximate surface area is 179 Å². The molecule has 31 heavy (non-hydrogen) atoms. The van der Waals surface area contributed by atoms with Gasteiger partial charge in [-0.2, -0.15) is 4.31 Å². The molecule has 1 aliphatic heterocycles. The number of amides is 1. The zero-order valence-electron chi connectivity index (χ0n) is 16.7. The van der Waals surface area contributed by atoms with Crippen LogP contribution >= 0.6 is 0 Å². The summed E-state index contributed by atoms with van der Waals surface area (Å²) in [7, 11) is -3.65. The van der Waals surface area contributed by atoms with Gasteiger partial charge in [0.05, 0.1) is 10.6 Å². The second kappa shape index (κ2) is 8.86. The molecule has 0 unspecified atom stereocenters. The standard InChI is InChI=1S/C21H22N4O5S/c26-18-9-8-16(31(28,29)25-12-4-5-13-25)14-17(18)22-19(27)10-11-20-23-24-21(30-20)15-6-2-1-3-7-15/h1-3,6-9,14,26H,4-5,10-13H2,(H,22,27). The van der Waals surface area contributed by atoms with Crippen molar-refractivity contribution in [1.29, 1.82) is 0 Å². The lowest BCUT2D eigenvalue weighted by Crippen LogP contribution is -2.28. The van der Waals surface area contributed by atoms with E-state index in [2.05, 4.69) is 15.5 Å². The Hall–Kier alpha value is -3.24. The fourth-order valence-electron chi connectivity index (χ4n) is 3.34. The molecule has 0 atom stereocenters. The van der Waals surface area contributed by atoms with Crippen LogP contribution in [-0.4, -0.2) is 47.0 Å². The monoisotopic (exact) mass is 442 g/mol. The summed E-state index contributed by atoms with van der Waals surface area (Å²) in [6.07, 6.45) is 1.88. The van der Waals surface area contributed by atoms with E-state index in [0.29, 0.717) is 24.9 Å². The summed E-state index contributed by atoms with van der Waals surface area (Å²) in [6.45, 7) is 0.945. The van der Waals surface area contributed by atoms with E-state index in [1.54, 1.807) is 0 Å². The van der Waals surface area contributed by atoms with E-state index >= 15 is 0 Å². The van der Waals surface area contributed by atoms with Gasteiger partial charge >= 0.3 is 0 Å². The first-order chi connectivity index (χ1) is 14.9. The predicted molar refractivity (Wildman–Crippen MR) is 113 cm³/mol. The van der Waals surface area contributed by atoms with Crippen LogP contribution in [0.5, 0.6) is 5.75 Å². The van der Waals surface area contributed by atoms with Crippen molar-refractivity contribution in [3.8, 4) is 17.2 Å². The van der Waals surface area contributed by atoms with E-state index in [0.717, 1.165) is 18.4 Å². The third-order valence-electron chi connectivity index (χ3n) is 5.00. The number of sulfonamides is 1. The fraction of sp³-hybridized carbons (Fsp3) is 0.286. The van der Waals surface area contributed by atoms with Crippen molar-refractivity contribution in [3.63, 3.8) is 0 Å². The summed E-state index contributed by atoms with van der Waals surface area (Å²) in [4.78, 5) is 12.4.